The number of rotatable bonds is 3. The molecule has 1 N–H and O–H groups in total. The Hall–Kier alpha value is -0.610. The van der Waals surface area contributed by atoms with Gasteiger partial charge in [0.25, 0.3) is 0 Å². The Morgan fingerprint density at radius 3 is 2.44 bits per heavy atom. The molecule has 2 heterocycles. The Bertz CT molecular complexity index is 230. The summed E-state index contributed by atoms with van der Waals surface area (Å²) in [5.41, 5.74) is 0. The van der Waals surface area contributed by atoms with E-state index in [4.69, 9.17) is 4.74 Å². The SMILES string of the molecule is O=C(O)C(C1CCOC1)N1CCCCCC1. The number of ether oxygens (including phenoxy) is 1. The summed E-state index contributed by atoms with van der Waals surface area (Å²) in [5, 5.41) is 9.38. The minimum absolute atomic E-state index is 0.190. The first-order chi connectivity index (χ1) is 7.79. The molecule has 16 heavy (non-hydrogen) atoms. The van der Waals surface area contributed by atoms with Crippen molar-refractivity contribution in [1.29, 1.82) is 0 Å². The van der Waals surface area contributed by atoms with Crippen LogP contribution in [-0.2, 0) is 9.53 Å². The largest absolute Gasteiger partial charge is 0.480 e. The average molecular weight is 227 g/mol. The molecule has 0 radical (unpaired) electrons. The van der Waals surface area contributed by atoms with Gasteiger partial charge < -0.3 is 9.84 Å². The predicted octanol–water partition coefficient (Wildman–Crippen LogP) is 1.35. The van der Waals surface area contributed by atoms with E-state index in [2.05, 4.69) is 4.90 Å². The molecule has 0 bridgehead atoms. The number of hydrogen-bond acceptors (Lipinski definition) is 3. The standard InChI is InChI=1S/C12H21NO3/c14-12(15)11(10-5-8-16-9-10)13-6-3-1-2-4-7-13/h10-11H,1-9H2,(H,14,15). The van der Waals surface area contributed by atoms with Gasteiger partial charge in [0.05, 0.1) is 6.61 Å². The van der Waals surface area contributed by atoms with Gasteiger partial charge in [-0.3, -0.25) is 9.69 Å². The maximum atomic E-state index is 11.4. The quantitative estimate of drug-likeness (QED) is 0.790. The summed E-state index contributed by atoms with van der Waals surface area (Å²) in [6.07, 6.45) is 5.65. The minimum atomic E-state index is -0.669. The molecule has 2 unspecified atom stereocenters. The Kier molecular flexibility index (Phi) is 4.18. The number of carboxylic acid groups (broad SMARTS) is 1. The zero-order chi connectivity index (χ0) is 11.4. The van der Waals surface area contributed by atoms with Crippen LogP contribution in [0.3, 0.4) is 0 Å². The number of carboxylic acids is 1. The lowest BCUT2D eigenvalue weighted by Gasteiger charge is -2.30. The van der Waals surface area contributed by atoms with Gasteiger partial charge in [-0.15, -0.1) is 0 Å². The third-order valence-electron chi connectivity index (χ3n) is 3.70. The van der Waals surface area contributed by atoms with Crippen molar-refractivity contribution in [3.8, 4) is 0 Å². The predicted molar refractivity (Wildman–Crippen MR) is 60.4 cm³/mol. The first kappa shape index (κ1) is 11.9. The molecule has 4 heteroatoms. The van der Waals surface area contributed by atoms with E-state index in [1.807, 2.05) is 0 Å². The maximum Gasteiger partial charge on any atom is 0.321 e. The lowest BCUT2D eigenvalue weighted by Crippen LogP contribution is -2.47. The summed E-state index contributed by atoms with van der Waals surface area (Å²) in [4.78, 5) is 13.6. The Balaban J connectivity index is 2.01. The highest BCUT2D eigenvalue weighted by Gasteiger charge is 2.35. The summed E-state index contributed by atoms with van der Waals surface area (Å²) in [5.74, 6) is -0.479. The van der Waals surface area contributed by atoms with E-state index in [0.717, 1.165) is 39.0 Å². The molecule has 0 aromatic carbocycles. The van der Waals surface area contributed by atoms with Crippen LogP contribution in [0.25, 0.3) is 0 Å². The first-order valence-electron chi connectivity index (χ1n) is 6.33. The summed E-state index contributed by atoms with van der Waals surface area (Å²) < 4.78 is 5.32. The van der Waals surface area contributed by atoms with Crippen LogP contribution in [0.4, 0.5) is 0 Å². The lowest BCUT2D eigenvalue weighted by molar-refractivity contribution is -0.145. The second kappa shape index (κ2) is 5.64. The fourth-order valence-corrected chi connectivity index (χ4v) is 2.83. The van der Waals surface area contributed by atoms with Crippen molar-refractivity contribution in [2.45, 2.75) is 38.1 Å². The molecule has 4 nitrogen and oxygen atoms in total. The van der Waals surface area contributed by atoms with Crippen LogP contribution in [-0.4, -0.2) is 48.3 Å². The van der Waals surface area contributed by atoms with Gasteiger partial charge in [0.1, 0.15) is 6.04 Å². The van der Waals surface area contributed by atoms with Gasteiger partial charge in [-0.1, -0.05) is 12.8 Å². The van der Waals surface area contributed by atoms with E-state index in [1.165, 1.54) is 12.8 Å². The second-order valence-corrected chi connectivity index (χ2v) is 4.86. The van der Waals surface area contributed by atoms with Gasteiger partial charge in [-0.25, -0.2) is 0 Å². The minimum Gasteiger partial charge on any atom is -0.480 e. The van der Waals surface area contributed by atoms with Crippen LogP contribution in [0.15, 0.2) is 0 Å². The van der Waals surface area contributed by atoms with E-state index in [-0.39, 0.29) is 12.0 Å². The molecular weight excluding hydrogens is 206 g/mol. The highest BCUT2D eigenvalue weighted by atomic mass is 16.5. The van der Waals surface area contributed by atoms with Gasteiger partial charge in [0.2, 0.25) is 0 Å². The average Bonchev–Trinajstić information content (AvgIpc) is 2.62. The summed E-state index contributed by atoms with van der Waals surface area (Å²) in [6.45, 7) is 3.22. The fourth-order valence-electron chi connectivity index (χ4n) is 2.83. The molecule has 0 saturated carbocycles. The molecule has 2 rings (SSSR count). The number of nitrogens with zero attached hydrogens (tertiary/aromatic N) is 1. The van der Waals surface area contributed by atoms with Crippen LogP contribution in [0.2, 0.25) is 0 Å². The smallest absolute Gasteiger partial charge is 0.321 e. The monoisotopic (exact) mass is 227 g/mol. The van der Waals surface area contributed by atoms with Gasteiger partial charge in [0.15, 0.2) is 0 Å². The van der Waals surface area contributed by atoms with E-state index in [1.54, 1.807) is 0 Å². The first-order valence-corrected chi connectivity index (χ1v) is 6.33. The molecule has 0 aromatic heterocycles. The van der Waals surface area contributed by atoms with Gasteiger partial charge in [0, 0.05) is 12.5 Å². The molecular formula is C12H21NO3. The van der Waals surface area contributed by atoms with Crippen molar-refractivity contribution in [1.82, 2.24) is 4.90 Å². The van der Waals surface area contributed by atoms with E-state index >= 15 is 0 Å². The molecule has 0 spiro atoms. The summed E-state index contributed by atoms with van der Waals surface area (Å²) >= 11 is 0. The molecule has 2 saturated heterocycles. The molecule has 0 amide bonds. The third-order valence-corrected chi connectivity index (χ3v) is 3.70. The maximum absolute atomic E-state index is 11.4. The Morgan fingerprint density at radius 1 is 1.25 bits per heavy atom. The van der Waals surface area contributed by atoms with Crippen LogP contribution in [0, 0.1) is 5.92 Å². The molecule has 2 fully saturated rings. The number of carbonyl (C=O) groups is 1. The van der Waals surface area contributed by atoms with Crippen molar-refractivity contribution in [2.75, 3.05) is 26.3 Å². The van der Waals surface area contributed by atoms with Gasteiger partial charge in [-0.05, 0) is 32.4 Å². The molecule has 2 aliphatic rings. The lowest BCUT2D eigenvalue weighted by atomic mass is 9.97. The third kappa shape index (κ3) is 2.74. The Labute approximate surface area is 96.6 Å². The molecule has 2 atom stereocenters. The zero-order valence-electron chi connectivity index (χ0n) is 9.73. The number of likely N-dealkylation sites (tertiary alicyclic amines) is 1. The van der Waals surface area contributed by atoms with E-state index < -0.39 is 5.97 Å². The molecule has 0 aromatic rings. The number of hydrogen-bond donors (Lipinski definition) is 1. The highest BCUT2D eigenvalue weighted by Crippen LogP contribution is 2.24. The summed E-state index contributed by atoms with van der Waals surface area (Å²) in [6, 6.07) is -0.319. The normalized spacial score (nSPS) is 29.9. The van der Waals surface area contributed by atoms with Crippen molar-refractivity contribution in [3.05, 3.63) is 0 Å². The van der Waals surface area contributed by atoms with Crippen LogP contribution >= 0.6 is 0 Å². The fraction of sp³-hybridized carbons (Fsp3) is 0.917. The van der Waals surface area contributed by atoms with Gasteiger partial charge in [-0.2, -0.15) is 0 Å². The van der Waals surface area contributed by atoms with Crippen LogP contribution in [0.5, 0.6) is 0 Å². The molecule has 0 aliphatic carbocycles. The van der Waals surface area contributed by atoms with E-state index in [9.17, 15) is 9.90 Å². The van der Waals surface area contributed by atoms with E-state index in [0.29, 0.717) is 6.61 Å². The number of aliphatic carboxylic acids is 1. The van der Waals surface area contributed by atoms with Gasteiger partial charge >= 0.3 is 5.97 Å². The van der Waals surface area contributed by atoms with Crippen molar-refractivity contribution in [2.24, 2.45) is 5.92 Å². The van der Waals surface area contributed by atoms with Crippen LogP contribution in [0.1, 0.15) is 32.1 Å². The van der Waals surface area contributed by atoms with Crippen LogP contribution < -0.4 is 0 Å². The highest BCUT2D eigenvalue weighted by molar-refractivity contribution is 5.74. The van der Waals surface area contributed by atoms with Crippen molar-refractivity contribution >= 4 is 5.97 Å². The topological polar surface area (TPSA) is 49.8 Å². The Morgan fingerprint density at radius 2 is 1.94 bits per heavy atom. The van der Waals surface area contributed by atoms with Crippen molar-refractivity contribution < 1.29 is 14.6 Å². The second-order valence-electron chi connectivity index (χ2n) is 4.86. The molecule has 92 valence electrons. The molecule has 2 aliphatic heterocycles. The zero-order valence-corrected chi connectivity index (χ0v) is 9.73. The summed E-state index contributed by atoms with van der Waals surface area (Å²) in [7, 11) is 0. The van der Waals surface area contributed by atoms with Crippen molar-refractivity contribution in [3.63, 3.8) is 0 Å².